The SMILES string of the molecule is C=CCNC(=O)N1CCN(S(=O)(=O)c2ccc(Cl)s2)CC1. The zero-order valence-corrected chi connectivity index (χ0v) is 13.7. The van der Waals surface area contributed by atoms with Crippen LogP contribution in [0.5, 0.6) is 0 Å². The normalized spacial score (nSPS) is 16.7. The van der Waals surface area contributed by atoms with Crippen LogP contribution in [0.15, 0.2) is 29.0 Å². The second-order valence-electron chi connectivity index (χ2n) is 4.42. The third-order valence-corrected chi connectivity index (χ3v) is 6.66. The quantitative estimate of drug-likeness (QED) is 0.839. The second-order valence-corrected chi connectivity index (χ2v) is 8.30. The number of carbonyl (C=O) groups excluding carboxylic acids is 1. The smallest absolute Gasteiger partial charge is 0.317 e. The second kappa shape index (κ2) is 6.78. The van der Waals surface area contributed by atoms with Crippen molar-refractivity contribution in [3.05, 3.63) is 29.1 Å². The lowest BCUT2D eigenvalue weighted by atomic mass is 10.4. The number of nitrogens with one attached hydrogen (secondary N) is 1. The molecule has 2 rings (SSSR count). The molecule has 1 aromatic rings. The predicted molar refractivity (Wildman–Crippen MR) is 83.3 cm³/mol. The molecule has 1 fully saturated rings. The monoisotopic (exact) mass is 349 g/mol. The van der Waals surface area contributed by atoms with Crippen LogP contribution in [0.25, 0.3) is 0 Å². The Bertz CT molecular complexity index is 621. The van der Waals surface area contributed by atoms with Crippen LogP contribution in [0.3, 0.4) is 0 Å². The van der Waals surface area contributed by atoms with E-state index in [4.69, 9.17) is 11.6 Å². The van der Waals surface area contributed by atoms with Crippen molar-refractivity contribution in [2.24, 2.45) is 0 Å². The molecule has 0 aliphatic carbocycles. The summed E-state index contributed by atoms with van der Waals surface area (Å²) in [6, 6.07) is 2.87. The molecule has 2 heterocycles. The fourth-order valence-electron chi connectivity index (χ4n) is 1.97. The number of hydrogen-bond donors (Lipinski definition) is 1. The Morgan fingerprint density at radius 3 is 2.57 bits per heavy atom. The van der Waals surface area contributed by atoms with Crippen molar-refractivity contribution in [3.63, 3.8) is 0 Å². The lowest BCUT2D eigenvalue weighted by Crippen LogP contribution is -2.53. The molecule has 2 amide bonds. The topological polar surface area (TPSA) is 69.7 Å². The predicted octanol–water partition coefficient (Wildman–Crippen LogP) is 1.60. The number of halogens is 1. The first-order chi connectivity index (χ1) is 9.95. The van der Waals surface area contributed by atoms with Gasteiger partial charge in [0.05, 0.1) is 4.34 Å². The first-order valence-corrected chi connectivity index (χ1v) is 8.98. The van der Waals surface area contributed by atoms with E-state index in [2.05, 4.69) is 11.9 Å². The number of carbonyl (C=O) groups is 1. The fourth-order valence-corrected chi connectivity index (χ4v) is 5.03. The summed E-state index contributed by atoms with van der Waals surface area (Å²) in [6.45, 7) is 5.20. The van der Waals surface area contributed by atoms with E-state index in [-0.39, 0.29) is 23.3 Å². The molecule has 1 aromatic heterocycles. The van der Waals surface area contributed by atoms with E-state index in [1.54, 1.807) is 17.0 Å². The molecule has 21 heavy (non-hydrogen) atoms. The van der Waals surface area contributed by atoms with E-state index in [0.29, 0.717) is 24.0 Å². The number of piperazine rings is 1. The highest BCUT2D eigenvalue weighted by Crippen LogP contribution is 2.28. The van der Waals surface area contributed by atoms with E-state index in [1.165, 1.54) is 10.4 Å². The van der Waals surface area contributed by atoms with Gasteiger partial charge >= 0.3 is 6.03 Å². The molecule has 1 N–H and O–H groups in total. The first kappa shape index (κ1) is 16.3. The molecule has 1 aliphatic heterocycles. The van der Waals surface area contributed by atoms with Crippen molar-refractivity contribution in [1.82, 2.24) is 14.5 Å². The van der Waals surface area contributed by atoms with Gasteiger partial charge < -0.3 is 10.2 Å². The molecule has 0 aromatic carbocycles. The summed E-state index contributed by atoms with van der Waals surface area (Å²) in [6.07, 6.45) is 1.60. The molecular formula is C12H16ClN3O3S2. The highest BCUT2D eigenvalue weighted by molar-refractivity contribution is 7.91. The van der Waals surface area contributed by atoms with E-state index in [9.17, 15) is 13.2 Å². The largest absolute Gasteiger partial charge is 0.335 e. The summed E-state index contributed by atoms with van der Waals surface area (Å²) in [4.78, 5) is 13.4. The van der Waals surface area contributed by atoms with Gasteiger partial charge in [-0.3, -0.25) is 0 Å². The van der Waals surface area contributed by atoms with Crippen LogP contribution in [0.4, 0.5) is 4.79 Å². The van der Waals surface area contributed by atoms with Gasteiger partial charge in [0.15, 0.2) is 0 Å². The zero-order chi connectivity index (χ0) is 15.5. The number of thiophene rings is 1. The van der Waals surface area contributed by atoms with Gasteiger partial charge in [-0.2, -0.15) is 4.31 Å². The van der Waals surface area contributed by atoms with Gasteiger partial charge in [0.25, 0.3) is 10.0 Å². The van der Waals surface area contributed by atoms with Crippen molar-refractivity contribution in [1.29, 1.82) is 0 Å². The molecule has 9 heteroatoms. The highest BCUT2D eigenvalue weighted by atomic mass is 35.5. The molecule has 0 spiro atoms. The molecule has 1 aliphatic rings. The Morgan fingerprint density at radius 1 is 1.38 bits per heavy atom. The Labute approximate surface area is 133 Å². The highest BCUT2D eigenvalue weighted by Gasteiger charge is 2.30. The number of rotatable bonds is 4. The van der Waals surface area contributed by atoms with Crippen LogP contribution in [0, 0.1) is 0 Å². The number of urea groups is 1. The maximum Gasteiger partial charge on any atom is 0.317 e. The Hall–Kier alpha value is -1.09. The van der Waals surface area contributed by atoms with E-state index >= 15 is 0 Å². The number of amides is 2. The van der Waals surface area contributed by atoms with Gasteiger partial charge in [0, 0.05) is 32.7 Å². The van der Waals surface area contributed by atoms with Crippen LogP contribution in [-0.2, 0) is 10.0 Å². The zero-order valence-electron chi connectivity index (χ0n) is 11.3. The molecule has 0 saturated carbocycles. The van der Waals surface area contributed by atoms with Crippen LogP contribution in [-0.4, -0.2) is 56.4 Å². The van der Waals surface area contributed by atoms with Gasteiger partial charge in [-0.1, -0.05) is 17.7 Å². The van der Waals surface area contributed by atoms with Crippen molar-refractivity contribution in [2.45, 2.75) is 4.21 Å². The van der Waals surface area contributed by atoms with E-state index in [1.807, 2.05) is 0 Å². The summed E-state index contributed by atoms with van der Waals surface area (Å²) in [5.74, 6) is 0. The summed E-state index contributed by atoms with van der Waals surface area (Å²) in [5.41, 5.74) is 0. The maximum absolute atomic E-state index is 12.4. The third kappa shape index (κ3) is 3.76. The van der Waals surface area contributed by atoms with Crippen LogP contribution in [0.2, 0.25) is 4.34 Å². The molecule has 0 bridgehead atoms. The minimum Gasteiger partial charge on any atom is -0.335 e. The standard InChI is InChI=1S/C12H16ClN3O3S2/c1-2-5-14-12(17)15-6-8-16(9-7-15)21(18,19)11-4-3-10(13)20-11/h2-4H,1,5-9H2,(H,14,17). The average molecular weight is 350 g/mol. The lowest BCUT2D eigenvalue weighted by Gasteiger charge is -2.33. The number of sulfonamides is 1. The molecule has 6 nitrogen and oxygen atoms in total. The van der Waals surface area contributed by atoms with Gasteiger partial charge in [-0.25, -0.2) is 13.2 Å². The summed E-state index contributed by atoms with van der Waals surface area (Å²) in [7, 11) is -3.51. The summed E-state index contributed by atoms with van der Waals surface area (Å²) < 4.78 is 26.8. The first-order valence-electron chi connectivity index (χ1n) is 6.34. The van der Waals surface area contributed by atoms with Gasteiger partial charge in [-0.15, -0.1) is 17.9 Å². The number of nitrogens with zero attached hydrogens (tertiary/aromatic N) is 2. The van der Waals surface area contributed by atoms with E-state index < -0.39 is 10.0 Å². The Kier molecular flexibility index (Phi) is 5.26. The van der Waals surface area contributed by atoms with Crippen LogP contribution in [0.1, 0.15) is 0 Å². The van der Waals surface area contributed by atoms with Crippen molar-refractivity contribution in [2.75, 3.05) is 32.7 Å². The minimum atomic E-state index is -3.51. The molecular weight excluding hydrogens is 334 g/mol. The molecule has 0 unspecified atom stereocenters. The number of hydrogen-bond acceptors (Lipinski definition) is 4. The molecule has 1 saturated heterocycles. The summed E-state index contributed by atoms with van der Waals surface area (Å²) >= 11 is 6.82. The summed E-state index contributed by atoms with van der Waals surface area (Å²) in [5, 5.41) is 2.68. The third-order valence-electron chi connectivity index (χ3n) is 3.07. The van der Waals surface area contributed by atoms with Crippen molar-refractivity contribution >= 4 is 39.0 Å². The van der Waals surface area contributed by atoms with Crippen LogP contribution >= 0.6 is 22.9 Å². The fraction of sp³-hybridized carbons (Fsp3) is 0.417. The maximum atomic E-state index is 12.4. The molecule has 0 atom stereocenters. The average Bonchev–Trinajstić information content (AvgIpc) is 2.92. The van der Waals surface area contributed by atoms with Gasteiger partial charge in [-0.05, 0) is 12.1 Å². The van der Waals surface area contributed by atoms with Crippen LogP contribution < -0.4 is 5.32 Å². The Morgan fingerprint density at radius 2 is 2.05 bits per heavy atom. The lowest BCUT2D eigenvalue weighted by molar-refractivity contribution is 0.173. The van der Waals surface area contributed by atoms with Crippen molar-refractivity contribution in [3.8, 4) is 0 Å². The minimum absolute atomic E-state index is 0.203. The molecule has 116 valence electrons. The Balaban J connectivity index is 1.97. The van der Waals surface area contributed by atoms with Gasteiger partial charge in [0.2, 0.25) is 0 Å². The van der Waals surface area contributed by atoms with Gasteiger partial charge in [0.1, 0.15) is 4.21 Å². The van der Waals surface area contributed by atoms with E-state index in [0.717, 1.165) is 11.3 Å². The molecule has 0 radical (unpaired) electrons. The van der Waals surface area contributed by atoms with Crippen molar-refractivity contribution < 1.29 is 13.2 Å².